The highest BCUT2D eigenvalue weighted by Crippen LogP contribution is 2.29. The van der Waals surface area contributed by atoms with Crippen molar-refractivity contribution in [2.45, 2.75) is 0 Å². The molecule has 86 valence electrons. The first-order valence-electron chi connectivity index (χ1n) is 5.14. The molecule has 0 aliphatic heterocycles. The number of rotatable bonds is 2. The van der Waals surface area contributed by atoms with Crippen molar-refractivity contribution in [1.82, 2.24) is 9.38 Å². The predicted octanol–water partition coefficient (Wildman–Crippen LogP) is 2.65. The van der Waals surface area contributed by atoms with Gasteiger partial charge in [0.25, 0.3) is 0 Å². The van der Waals surface area contributed by atoms with Gasteiger partial charge in [-0.05, 0) is 29.8 Å². The number of hydrogen-bond donors (Lipinski definition) is 1. The Kier molecular flexibility index (Phi) is 2.26. The fourth-order valence-electron chi connectivity index (χ4n) is 1.79. The maximum atomic E-state index is 5.90. The summed E-state index contributed by atoms with van der Waals surface area (Å²) in [5, 5.41) is 2.06. The molecule has 2 aromatic heterocycles. The second kappa shape index (κ2) is 3.78. The van der Waals surface area contributed by atoms with Gasteiger partial charge in [-0.25, -0.2) is 4.98 Å². The molecule has 3 rings (SSSR count). The van der Waals surface area contributed by atoms with Gasteiger partial charge in [-0.1, -0.05) is 0 Å². The zero-order chi connectivity index (χ0) is 11.8. The van der Waals surface area contributed by atoms with Gasteiger partial charge in [0, 0.05) is 5.38 Å². The van der Waals surface area contributed by atoms with E-state index >= 15 is 0 Å². The highest BCUT2D eigenvalue weighted by Gasteiger charge is 2.09. The van der Waals surface area contributed by atoms with Crippen LogP contribution in [-0.2, 0) is 0 Å². The molecule has 1 aromatic carbocycles. The molecule has 2 heterocycles. The Hall–Kier alpha value is -2.01. The topological polar surface area (TPSA) is 52.5 Å². The molecule has 0 unspecified atom stereocenters. The normalized spacial score (nSPS) is 10.9. The first kappa shape index (κ1) is 10.2. The SMILES string of the molecule is COc1ccc(-c2csc3ncc(N)n23)cc1. The lowest BCUT2D eigenvalue weighted by Crippen LogP contribution is -1.92. The van der Waals surface area contributed by atoms with Gasteiger partial charge in [-0.15, -0.1) is 11.3 Å². The molecule has 4 nitrogen and oxygen atoms in total. The summed E-state index contributed by atoms with van der Waals surface area (Å²) in [6, 6.07) is 7.90. The first-order chi connectivity index (χ1) is 8.29. The smallest absolute Gasteiger partial charge is 0.195 e. The summed E-state index contributed by atoms with van der Waals surface area (Å²) in [7, 11) is 1.66. The molecule has 0 aliphatic rings. The Morgan fingerprint density at radius 1 is 1.29 bits per heavy atom. The standard InChI is InChI=1S/C12H11N3OS/c1-16-9-4-2-8(3-5-9)10-7-17-12-14-6-11(13)15(10)12/h2-7H,13H2,1H3. The summed E-state index contributed by atoms with van der Waals surface area (Å²) in [6.07, 6.45) is 1.68. The predicted molar refractivity (Wildman–Crippen MR) is 69.5 cm³/mol. The molecule has 5 heteroatoms. The minimum Gasteiger partial charge on any atom is -0.497 e. The third-order valence-corrected chi connectivity index (χ3v) is 3.50. The van der Waals surface area contributed by atoms with E-state index in [1.54, 1.807) is 24.6 Å². The van der Waals surface area contributed by atoms with Crippen LogP contribution in [0.4, 0.5) is 5.82 Å². The van der Waals surface area contributed by atoms with Crippen LogP contribution in [0.2, 0.25) is 0 Å². The average molecular weight is 245 g/mol. The van der Waals surface area contributed by atoms with Crippen molar-refractivity contribution >= 4 is 22.1 Å². The Morgan fingerprint density at radius 3 is 2.76 bits per heavy atom. The molecule has 3 aromatic rings. The van der Waals surface area contributed by atoms with Crippen LogP contribution in [0.5, 0.6) is 5.75 Å². The number of fused-ring (bicyclic) bond motifs is 1. The van der Waals surface area contributed by atoms with Crippen LogP contribution >= 0.6 is 11.3 Å². The van der Waals surface area contributed by atoms with Crippen molar-refractivity contribution in [3.8, 4) is 17.0 Å². The number of imidazole rings is 1. The summed E-state index contributed by atoms with van der Waals surface area (Å²) in [6.45, 7) is 0. The van der Waals surface area contributed by atoms with Crippen molar-refractivity contribution in [3.63, 3.8) is 0 Å². The van der Waals surface area contributed by atoms with E-state index in [1.807, 2.05) is 28.7 Å². The number of hydrogen-bond acceptors (Lipinski definition) is 4. The van der Waals surface area contributed by atoms with Gasteiger partial charge in [0.05, 0.1) is 19.0 Å². The van der Waals surface area contributed by atoms with E-state index in [-0.39, 0.29) is 0 Å². The van der Waals surface area contributed by atoms with E-state index in [2.05, 4.69) is 10.4 Å². The van der Waals surface area contributed by atoms with Gasteiger partial charge >= 0.3 is 0 Å². The fourth-order valence-corrected chi connectivity index (χ4v) is 2.67. The molecule has 17 heavy (non-hydrogen) atoms. The number of methoxy groups -OCH3 is 1. The number of thiazole rings is 1. The first-order valence-corrected chi connectivity index (χ1v) is 6.02. The maximum absolute atomic E-state index is 5.90. The molecule has 0 saturated heterocycles. The van der Waals surface area contributed by atoms with E-state index in [1.165, 1.54) is 0 Å². The van der Waals surface area contributed by atoms with Crippen LogP contribution in [0.1, 0.15) is 0 Å². The molecule has 0 bridgehead atoms. The third-order valence-electron chi connectivity index (χ3n) is 2.66. The summed E-state index contributed by atoms with van der Waals surface area (Å²) in [5.74, 6) is 1.51. The lowest BCUT2D eigenvalue weighted by Gasteiger charge is -2.03. The monoisotopic (exact) mass is 245 g/mol. The molecule has 0 radical (unpaired) electrons. The lowest BCUT2D eigenvalue weighted by atomic mass is 10.2. The quantitative estimate of drug-likeness (QED) is 0.755. The van der Waals surface area contributed by atoms with Crippen LogP contribution in [-0.4, -0.2) is 16.5 Å². The van der Waals surface area contributed by atoms with Gasteiger partial charge in [0.1, 0.15) is 11.6 Å². The minimum absolute atomic E-state index is 0.659. The van der Waals surface area contributed by atoms with E-state index < -0.39 is 0 Å². The summed E-state index contributed by atoms with van der Waals surface area (Å²) in [4.78, 5) is 5.14. The number of nitrogens with zero attached hydrogens (tertiary/aromatic N) is 2. The van der Waals surface area contributed by atoms with E-state index in [0.29, 0.717) is 5.82 Å². The van der Waals surface area contributed by atoms with Crippen molar-refractivity contribution < 1.29 is 4.74 Å². The van der Waals surface area contributed by atoms with E-state index in [4.69, 9.17) is 10.5 Å². The second-order valence-electron chi connectivity index (χ2n) is 3.65. The Morgan fingerprint density at radius 2 is 2.06 bits per heavy atom. The zero-order valence-electron chi connectivity index (χ0n) is 9.25. The lowest BCUT2D eigenvalue weighted by molar-refractivity contribution is 0.415. The summed E-state index contributed by atoms with van der Waals surface area (Å²) >= 11 is 1.58. The van der Waals surface area contributed by atoms with E-state index in [9.17, 15) is 0 Å². The maximum Gasteiger partial charge on any atom is 0.195 e. The largest absolute Gasteiger partial charge is 0.497 e. The number of benzene rings is 1. The molecule has 2 N–H and O–H groups in total. The average Bonchev–Trinajstić information content (AvgIpc) is 2.93. The molecular weight excluding hydrogens is 234 g/mol. The van der Waals surface area contributed by atoms with E-state index in [0.717, 1.165) is 22.0 Å². The molecule has 0 amide bonds. The van der Waals surface area contributed by atoms with Gasteiger partial charge in [0.15, 0.2) is 4.96 Å². The van der Waals surface area contributed by atoms with Crippen LogP contribution in [0.25, 0.3) is 16.2 Å². The van der Waals surface area contributed by atoms with Gasteiger partial charge in [-0.2, -0.15) is 0 Å². The fraction of sp³-hybridized carbons (Fsp3) is 0.0833. The number of aromatic nitrogens is 2. The van der Waals surface area contributed by atoms with Crippen LogP contribution in [0, 0.1) is 0 Å². The van der Waals surface area contributed by atoms with Crippen molar-refractivity contribution in [3.05, 3.63) is 35.8 Å². The summed E-state index contributed by atoms with van der Waals surface area (Å²) < 4.78 is 7.09. The molecule has 0 atom stereocenters. The van der Waals surface area contributed by atoms with Gasteiger partial charge in [0.2, 0.25) is 0 Å². The molecule has 0 fully saturated rings. The Bertz CT molecular complexity index is 654. The highest BCUT2D eigenvalue weighted by molar-refractivity contribution is 7.15. The highest BCUT2D eigenvalue weighted by atomic mass is 32.1. The molecular formula is C12H11N3OS. The van der Waals surface area contributed by atoms with Crippen LogP contribution in [0.15, 0.2) is 35.8 Å². The number of nitrogens with two attached hydrogens (primary N) is 1. The van der Waals surface area contributed by atoms with Gasteiger partial charge < -0.3 is 10.5 Å². The van der Waals surface area contributed by atoms with Crippen molar-refractivity contribution in [2.24, 2.45) is 0 Å². The number of anilines is 1. The summed E-state index contributed by atoms with van der Waals surface area (Å²) in [5.41, 5.74) is 8.05. The van der Waals surface area contributed by atoms with Crippen LogP contribution < -0.4 is 10.5 Å². The Labute approximate surface area is 102 Å². The number of nitrogen functional groups attached to an aromatic ring is 1. The Balaban J connectivity index is 2.16. The molecule has 0 spiro atoms. The van der Waals surface area contributed by atoms with Gasteiger partial charge in [-0.3, -0.25) is 4.40 Å². The number of ether oxygens (including phenoxy) is 1. The molecule has 0 aliphatic carbocycles. The molecule has 0 saturated carbocycles. The van der Waals surface area contributed by atoms with Crippen molar-refractivity contribution in [2.75, 3.05) is 12.8 Å². The minimum atomic E-state index is 0.659. The van der Waals surface area contributed by atoms with Crippen molar-refractivity contribution in [1.29, 1.82) is 0 Å². The van der Waals surface area contributed by atoms with Crippen LogP contribution in [0.3, 0.4) is 0 Å². The zero-order valence-corrected chi connectivity index (χ0v) is 10.1. The third kappa shape index (κ3) is 1.55. The second-order valence-corrected chi connectivity index (χ2v) is 4.49.